The molecule has 0 saturated heterocycles. The lowest BCUT2D eigenvalue weighted by molar-refractivity contribution is -0.142. The fraction of sp³-hybridized carbons (Fsp3) is 0.429. The normalized spacial score (nSPS) is 12.6. The second-order valence-electron chi connectivity index (χ2n) is 12.0. The van der Waals surface area contributed by atoms with Crippen molar-refractivity contribution in [1.82, 2.24) is 10.2 Å². The van der Waals surface area contributed by atoms with Gasteiger partial charge in [0, 0.05) is 12.2 Å². The number of nitrogens with zero attached hydrogens (tertiary/aromatic N) is 1. The van der Waals surface area contributed by atoms with Gasteiger partial charge in [-0.2, -0.15) is 0 Å². The Hall–Kier alpha value is -4.40. The second-order valence-corrected chi connectivity index (χ2v) is 12.0. The fourth-order valence-electron chi connectivity index (χ4n) is 5.07. The summed E-state index contributed by atoms with van der Waals surface area (Å²) in [6.07, 6.45) is 4.52. The van der Waals surface area contributed by atoms with Crippen LogP contribution in [0.1, 0.15) is 84.2 Å². The zero-order chi connectivity index (χ0) is 32.1. The summed E-state index contributed by atoms with van der Waals surface area (Å²) in [6.45, 7) is 7.48. The average Bonchev–Trinajstić information content (AvgIpc) is 2.96. The van der Waals surface area contributed by atoms with E-state index in [1.54, 1.807) is 45.0 Å². The Morgan fingerprint density at radius 2 is 1.48 bits per heavy atom. The van der Waals surface area contributed by atoms with Crippen molar-refractivity contribution in [3.05, 3.63) is 78.4 Å². The molecule has 0 heterocycles. The molecule has 0 aliphatic heterocycles. The summed E-state index contributed by atoms with van der Waals surface area (Å²) in [5.74, 6) is -1.78. The first-order valence-electron chi connectivity index (χ1n) is 15.4. The third kappa shape index (κ3) is 10.7. The number of primary amides is 1. The number of hydrogen-bond donors (Lipinski definition) is 3. The quantitative estimate of drug-likeness (QED) is 0.172. The standard InChI is InChI=1S/C35H46N4O5/c1-5-6-7-8-9-15-22-39(33(42)29(24-30(36)40)38-34(43)44-35(2,3)4)31(26-17-11-10-12-18-26)32(41)37-28-21-20-25-16-13-14-19-27(25)23-28/h10-14,16-21,23,29,31H,5-9,15,22,24H2,1-4H3,(H2,36,40)(H,37,41)(H,38,43). The van der Waals surface area contributed by atoms with E-state index in [1.165, 1.54) is 4.90 Å². The van der Waals surface area contributed by atoms with Gasteiger partial charge in [-0.3, -0.25) is 14.4 Å². The van der Waals surface area contributed by atoms with Crippen molar-refractivity contribution in [2.75, 3.05) is 11.9 Å². The number of alkyl carbamates (subject to hydrolysis) is 1. The van der Waals surface area contributed by atoms with Gasteiger partial charge in [0.1, 0.15) is 17.7 Å². The molecular weight excluding hydrogens is 556 g/mol. The zero-order valence-corrected chi connectivity index (χ0v) is 26.3. The van der Waals surface area contributed by atoms with Gasteiger partial charge in [-0.1, -0.05) is 99.7 Å². The molecule has 0 saturated carbocycles. The molecule has 2 unspecified atom stereocenters. The Morgan fingerprint density at radius 1 is 0.841 bits per heavy atom. The lowest BCUT2D eigenvalue weighted by Gasteiger charge is -2.34. The minimum atomic E-state index is -1.32. The molecular formula is C35H46N4O5. The number of nitrogens with one attached hydrogen (secondary N) is 2. The van der Waals surface area contributed by atoms with Crippen LogP contribution in [0.2, 0.25) is 0 Å². The molecule has 236 valence electrons. The number of benzene rings is 3. The molecule has 2 atom stereocenters. The van der Waals surface area contributed by atoms with E-state index in [4.69, 9.17) is 10.5 Å². The van der Waals surface area contributed by atoms with Crippen molar-refractivity contribution in [3.63, 3.8) is 0 Å². The largest absolute Gasteiger partial charge is 0.444 e. The molecule has 9 heteroatoms. The van der Waals surface area contributed by atoms with Gasteiger partial charge in [0.15, 0.2) is 0 Å². The Kier molecular flexibility index (Phi) is 12.7. The molecule has 4 N–H and O–H groups in total. The lowest BCUT2D eigenvalue weighted by Crippen LogP contribution is -2.53. The summed E-state index contributed by atoms with van der Waals surface area (Å²) in [6, 6.07) is 20.1. The van der Waals surface area contributed by atoms with E-state index in [-0.39, 0.29) is 6.54 Å². The van der Waals surface area contributed by atoms with E-state index < -0.39 is 47.9 Å². The first-order chi connectivity index (χ1) is 21.0. The van der Waals surface area contributed by atoms with Gasteiger partial charge in [-0.05, 0) is 55.7 Å². The van der Waals surface area contributed by atoms with Gasteiger partial charge in [0.05, 0.1) is 6.42 Å². The summed E-state index contributed by atoms with van der Waals surface area (Å²) in [5.41, 5.74) is 5.87. The van der Waals surface area contributed by atoms with Crippen LogP contribution in [0, 0.1) is 0 Å². The number of hydrogen-bond acceptors (Lipinski definition) is 5. The summed E-state index contributed by atoms with van der Waals surface area (Å²) in [7, 11) is 0. The highest BCUT2D eigenvalue weighted by Gasteiger charge is 2.36. The number of nitrogens with two attached hydrogens (primary N) is 1. The smallest absolute Gasteiger partial charge is 0.408 e. The number of rotatable bonds is 15. The second kappa shape index (κ2) is 16.4. The van der Waals surface area contributed by atoms with Crippen LogP contribution in [0.25, 0.3) is 10.8 Å². The van der Waals surface area contributed by atoms with Crippen molar-refractivity contribution < 1.29 is 23.9 Å². The molecule has 0 aliphatic carbocycles. The Balaban J connectivity index is 1.98. The molecule has 3 aromatic carbocycles. The zero-order valence-electron chi connectivity index (χ0n) is 26.3. The lowest BCUT2D eigenvalue weighted by atomic mass is 10.0. The van der Waals surface area contributed by atoms with Crippen LogP contribution in [0.15, 0.2) is 72.8 Å². The number of anilines is 1. The van der Waals surface area contributed by atoms with Crippen molar-refractivity contribution in [2.45, 2.75) is 90.3 Å². The van der Waals surface area contributed by atoms with Gasteiger partial charge >= 0.3 is 6.09 Å². The van der Waals surface area contributed by atoms with Crippen LogP contribution in [0.4, 0.5) is 10.5 Å². The van der Waals surface area contributed by atoms with Crippen LogP contribution < -0.4 is 16.4 Å². The predicted molar refractivity (Wildman–Crippen MR) is 174 cm³/mol. The van der Waals surface area contributed by atoms with Crippen LogP contribution in [0.5, 0.6) is 0 Å². The molecule has 0 aliphatic rings. The van der Waals surface area contributed by atoms with Crippen LogP contribution >= 0.6 is 0 Å². The van der Waals surface area contributed by atoms with Gasteiger partial charge in [-0.25, -0.2) is 4.79 Å². The molecule has 4 amide bonds. The van der Waals surface area contributed by atoms with Crippen LogP contribution in [-0.2, 0) is 19.1 Å². The number of carbonyl (C=O) groups excluding carboxylic acids is 4. The maximum Gasteiger partial charge on any atom is 0.408 e. The predicted octanol–water partition coefficient (Wildman–Crippen LogP) is 6.48. The van der Waals surface area contributed by atoms with Crippen LogP contribution in [0.3, 0.4) is 0 Å². The van der Waals surface area contributed by atoms with Crippen molar-refractivity contribution in [3.8, 4) is 0 Å². The highest BCUT2D eigenvalue weighted by molar-refractivity contribution is 6.01. The summed E-state index contributed by atoms with van der Waals surface area (Å²) >= 11 is 0. The molecule has 0 fully saturated rings. The van der Waals surface area contributed by atoms with Crippen LogP contribution in [-0.4, -0.2) is 46.9 Å². The minimum absolute atomic E-state index is 0.237. The monoisotopic (exact) mass is 602 g/mol. The SMILES string of the molecule is CCCCCCCCN(C(=O)C(CC(N)=O)NC(=O)OC(C)(C)C)C(C(=O)Nc1ccc2ccccc2c1)c1ccccc1. The molecule has 3 rings (SSSR count). The van der Waals surface area contributed by atoms with E-state index in [1.807, 2.05) is 48.5 Å². The van der Waals surface area contributed by atoms with Crippen molar-refractivity contribution in [2.24, 2.45) is 5.73 Å². The Morgan fingerprint density at radius 3 is 2.14 bits per heavy atom. The molecule has 3 aromatic rings. The van der Waals surface area contributed by atoms with E-state index in [2.05, 4.69) is 17.6 Å². The number of carbonyl (C=O) groups is 4. The van der Waals surface area contributed by atoms with Gasteiger partial charge < -0.3 is 26.0 Å². The van der Waals surface area contributed by atoms with E-state index in [0.29, 0.717) is 17.7 Å². The minimum Gasteiger partial charge on any atom is -0.444 e. The Bertz CT molecular complexity index is 1400. The molecule has 44 heavy (non-hydrogen) atoms. The first-order valence-corrected chi connectivity index (χ1v) is 15.4. The summed E-state index contributed by atoms with van der Waals surface area (Å²) in [4.78, 5) is 54.6. The Labute approximate surface area is 260 Å². The molecule has 0 bridgehead atoms. The van der Waals surface area contributed by atoms with Gasteiger partial charge in [-0.15, -0.1) is 0 Å². The third-order valence-electron chi connectivity index (χ3n) is 7.12. The van der Waals surface area contributed by atoms with Crippen molar-refractivity contribution in [1.29, 1.82) is 0 Å². The number of unbranched alkanes of at least 4 members (excludes halogenated alkanes) is 5. The fourth-order valence-corrected chi connectivity index (χ4v) is 5.07. The molecule has 0 spiro atoms. The highest BCUT2D eigenvalue weighted by Crippen LogP contribution is 2.27. The number of amides is 4. The van der Waals surface area contributed by atoms with Crippen molar-refractivity contribution >= 4 is 40.3 Å². The van der Waals surface area contributed by atoms with E-state index >= 15 is 0 Å². The summed E-state index contributed by atoms with van der Waals surface area (Å²) in [5, 5.41) is 7.53. The van der Waals surface area contributed by atoms with E-state index in [0.717, 1.165) is 42.9 Å². The molecule has 0 radical (unpaired) electrons. The average molecular weight is 603 g/mol. The van der Waals surface area contributed by atoms with Gasteiger partial charge in [0.25, 0.3) is 5.91 Å². The van der Waals surface area contributed by atoms with E-state index in [9.17, 15) is 19.2 Å². The number of fused-ring (bicyclic) bond motifs is 1. The maximum atomic E-state index is 14.3. The topological polar surface area (TPSA) is 131 Å². The molecule has 0 aromatic heterocycles. The van der Waals surface area contributed by atoms with Gasteiger partial charge in [0.2, 0.25) is 11.8 Å². The molecule has 9 nitrogen and oxygen atoms in total. The maximum absolute atomic E-state index is 14.3. The first kappa shape index (κ1) is 34.1. The third-order valence-corrected chi connectivity index (χ3v) is 7.12. The highest BCUT2D eigenvalue weighted by atomic mass is 16.6. The summed E-state index contributed by atoms with van der Waals surface area (Å²) < 4.78 is 5.37. The number of ether oxygens (including phenoxy) is 1.